The number of amides is 1. The van der Waals surface area contributed by atoms with E-state index in [1.165, 1.54) is 0 Å². The Morgan fingerprint density at radius 1 is 1.50 bits per heavy atom. The maximum absolute atomic E-state index is 11.9. The van der Waals surface area contributed by atoms with E-state index >= 15 is 0 Å². The number of hydrogen-bond acceptors (Lipinski definition) is 3. The third-order valence-electron chi connectivity index (χ3n) is 3.29. The van der Waals surface area contributed by atoms with Crippen LogP contribution in [0.5, 0.6) is 0 Å². The molecule has 1 aliphatic rings. The summed E-state index contributed by atoms with van der Waals surface area (Å²) in [6.45, 7) is 1.45. The summed E-state index contributed by atoms with van der Waals surface area (Å²) in [7, 11) is 1.66. The van der Waals surface area contributed by atoms with Gasteiger partial charge in [0, 0.05) is 13.7 Å². The molecule has 0 aliphatic carbocycles. The SMILES string of the molecule is COC(CNC(=O)C1CCCN1)c1ccccc1. The van der Waals surface area contributed by atoms with Crippen molar-refractivity contribution in [1.82, 2.24) is 10.6 Å². The molecule has 0 aromatic heterocycles. The van der Waals surface area contributed by atoms with Crippen molar-refractivity contribution >= 4 is 5.91 Å². The van der Waals surface area contributed by atoms with Crippen molar-refractivity contribution < 1.29 is 9.53 Å². The van der Waals surface area contributed by atoms with Crippen molar-refractivity contribution in [2.75, 3.05) is 20.2 Å². The lowest BCUT2D eigenvalue weighted by molar-refractivity contribution is -0.123. The van der Waals surface area contributed by atoms with Crippen LogP contribution in [0, 0.1) is 0 Å². The number of nitrogens with one attached hydrogen (secondary N) is 2. The molecule has 1 saturated heterocycles. The van der Waals surface area contributed by atoms with Crippen LogP contribution in [-0.2, 0) is 9.53 Å². The average Bonchev–Trinajstić information content (AvgIpc) is 2.94. The van der Waals surface area contributed by atoms with Gasteiger partial charge in [0.05, 0.1) is 12.1 Å². The van der Waals surface area contributed by atoms with E-state index < -0.39 is 0 Å². The molecule has 1 aromatic carbocycles. The minimum absolute atomic E-state index is 0.0294. The molecular formula is C14H20N2O2. The fourth-order valence-corrected chi connectivity index (χ4v) is 2.23. The minimum atomic E-state index is -0.0865. The van der Waals surface area contributed by atoms with E-state index in [2.05, 4.69) is 10.6 Å². The van der Waals surface area contributed by atoms with Crippen LogP contribution in [0.15, 0.2) is 30.3 Å². The topological polar surface area (TPSA) is 50.4 Å². The minimum Gasteiger partial charge on any atom is -0.375 e. The first kappa shape index (κ1) is 13.1. The fraction of sp³-hybridized carbons (Fsp3) is 0.500. The number of ether oxygens (including phenoxy) is 1. The Hall–Kier alpha value is -1.39. The van der Waals surface area contributed by atoms with Crippen LogP contribution in [0.2, 0.25) is 0 Å². The summed E-state index contributed by atoms with van der Waals surface area (Å²) >= 11 is 0. The largest absolute Gasteiger partial charge is 0.375 e. The molecule has 2 rings (SSSR count). The summed E-state index contributed by atoms with van der Waals surface area (Å²) in [6.07, 6.45) is 1.91. The van der Waals surface area contributed by atoms with Crippen molar-refractivity contribution in [3.63, 3.8) is 0 Å². The smallest absolute Gasteiger partial charge is 0.237 e. The van der Waals surface area contributed by atoms with Crippen LogP contribution < -0.4 is 10.6 Å². The monoisotopic (exact) mass is 248 g/mol. The number of methoxy groups -OCH3 is 1. The summed E-state index contributed by atoms with van der Waals surface area (Å²) in [6, 6.07) is 9.90. The lowest BCUT2D eigenvalue weighted by Gasteiger charge is -2.18. The van der Waals surface area contributed by atoms with Crippen LogP contribution >= 0.6 is 0 Å². The van der Waals surface area contributed by atoms with Gasteiger partial charge in [0.15, 0.2) is 0 Å². The van der Waals surface area contributed by atoms with Gasteiger partial charge >= 0.3 is 0 Å². The zero-order valence-electron chi connectivity index (χ0n) is 10.7. The molecule has 2 N–H and O–H groups in total. The molecule has 1 fully saturated rings. The van der Waals surface area contributed by atoms with Gasteiger partial charge in [-0.1, -0.05) is 30.3 Å². The molecule has 0 spiro atoms. The Morgan fingerprint density at radius 3 is 2.89 bits per heavy atom. The van der Waals surface area contributed by atoms with Crippen molar-refractivity contribution in [2.45, 2.75) is 25.0 Å². The van der Waals surface area contributed by atoms with Gasteiger partial charge < -0.3 is 15.4 Å². The molecule has 0 radical (unpaired) electrons. The molecule has 4 heteroatoms. The zero-order chi connectivity index (χ0) is 12.8. The van der Waals surface area contributed by atoms with E-state index in [1.54, 1.807) is 7.11 Å². The standard InChI is InChI=1S/C14H20N2O2/c1-18-13(11-6-3-2-4-7-11)10-16-14(17)12-8-5-9-15-12/h2-4,6-7,12-13,15H,5,8-10H2,1H3,(H,16,17). The molecule has 1 aromatic rings. The van der Waals surface area contributed by atoms with E-state index in [1.807, 2.05) is 30.3 Å². The summed E-state index contributed by atoms with van der Waals surface area (Å²) in [4.78, 5) is 11.9. The van der Waals surface area contributed by atoms with Gasteiger partial charge in [0.2, 0.25) is 5.91 Å². The van der Waals surface area contributed by atoms with Gasteiger partial charge in [-0.3, -0.25) is 4.79 Å². The van der Waals surface area contributed by atoms with E-state index in [4.69, 9.17) is 4.74 Å². The van der Waals surface area contributed by atoms with Gasteiger partial charge in [-0.15, -0.1) is 0 Å². The number of hydrogen-bond donors (Lipinski definition) is 2. The normalized spacial score (nSPS) is 20.6. The Bertz CT molecular complexity index is 375. The zero-order valence-corrected chi connectivity index (χ0v) is 10.7. The van der Waals surface area contributed by atoms with Crippen molar-refractivity contribution in [3.8, 4) is 0 Å². The predicted molar refractivity (Wildman–Crippen MR) is 70.2 cm³/mol. The van der Waals surface area contributed by atoms with Gasteiger partial charge in [-0.05, 0) is 24.9 Å². The summed E-state index contributed by atoms with van der Waals surface area (Å²) < 4.78 is 5.41. The second kappa shape index (κ2) is 6.52. The third kappa shape index (κ3) is 3.31. The number of carbonyl (C=O) groups is 1. The molecule has 1 aliphatic heterocycles. The third-order valence-corrected chi connectivity index (χ3v) is 3.29. The van der Waals surface area contributed by atoms with Crippen LogP contribution in [0.25, 0.3) is 0 Å². The molecule has 0 saturated carbocycles. The maximum Gasteiger partial charge on any atom is 0.237 e. The van der Waals surface area contributed by atoms with Gasteiger partial charge in [0.1, 0.15) is 0 Å². The molecule has 2 atom stereocenters. The molecule has 1 heterocycles. The molecule has 0 bridgehead atoms. The first-order valence-corrected chi connectivity index (χ1v) is 6.40. The van der Waals surface area contributed by atoms with Crippen LogP contribution in [0.4, 0.5) is 0 Å². The predicted octanol–water partition coefficient (Wildman–Crippen LogP) is 1.24. The summed E-state index contributed by atoms with van der Waals surface area (Å²) in [5.41, 5.74) is 1.08. The quantitative estimate of drug-likeness (QED) is 0.824. The van der Waals surface area contributed by atoms with Gasteiger partial charge in [0.25, 0.3) is 0 Å². The second-order valence-electron chi connectivity index (χ2n) is 4.53. The van der Waals surface area contributed by atoms with E-state index in [0.29, 0.717) is 6.54 Å². The van der Waals surface area contributed by atoms with Crippen LogP contribution in [0.1, 0.15) is 24.5 Å². The Kier molecular flexibility index (Phi) is 4.73. The lowest BCUT2D eigenvalue weighted by atomic mass is 10.1. The molecule has 18 heavy (non-hydrogen) atoms. The number of rotatable bonds is 5. The number of carbonyl (C=O) groups excluding carboxylic acids is 1. The van der Waals surface area contributed by atoms with Gasteiger partial charge in [-0.25, -0.2) is 0 Å². The Labute approximate surface area is 108 Å². The second-order valence-corrected chi connectivity index (χ2v) is 4.53. The highest BCUT2D eigenvalue weighted by Crippen LogP contribution is 2.15. The highest BCUT2D eigenvalue weighted by Gasteiger charge is 2.22. The average molecular weight is 248 g/mol. The molecular weight excluding hydrogens is 228 g/mol. The maximum atomic E-state index is 11.9. The Morgan fingerprint density at radius 2 is 2.28 bits per heavy atom. The summed E-state index contributed by atoms with van der Waals surface area (Å²) in [5, 5.41) is 6.13. The molecule has 1 amide bonds. The van der Waals surface area contributed by atoms with Gasteiger partial charge in [-0.2, -0.15) is 0 Å². The Balaban J connectivity index is 1.85. The lowest BCUT2D eigenvalue weighted by Crippen LogP contribution is -2.42. The van der Waals surface area contributed by atoms with E-state index in [-0.39, 0.29) is 18.1 Å². The molecule has 4 nitrogen and oxygen atoms in total. The van der Waals surface area contributed by atoms with E-state index in [0.717, 1.165) is 24.9 Å². The van der Waals surface area contributed by atoms with Crippen LogP contribution in [-0.4, -0.2) is 32.1 Å². The first-order valence-electron chi connectivity index (χ1n) is 6.40. The van der Waals surface area contributed by atoms with E-state index in [9.17, 15) is 4.79 Å². The molecule has 98 valence electrons. The van der Waals surface area contributed by atoms with Crippen LogP contribution in [0.3, 0.4) is 0 Å². The summed E-state index contributed by atoms with van der Waals surface area (Å²) in [5.74, 6) is 0.0745. The molecule has 2 unspecified atom stereocenters. The fourth-order valence-electron chi connectivity index (χ4n) is 2.23. The highest BCUT2D eigenvalue weighted by atomic mass is 16.5. The van der Waals surface area contributed by atoms with Crippen molar-refractivity contribution in [2.24, 2.45) is 0 Å². The highest BCUT2D eigenvalue weighted by molar-refractivity contribution is 5.82. The first-order chi connectivity index (χ1) is 8.81. The van der Waals surface area contributed by atoms with Crippen molar-refractivity contribution in [3.05, 3.63) is 35.9 Å². The number of benzene rings is 1. The van der Waals surface area contributed by atoms with Crippen molar-refractivity contribution in [1.29, 1.82) is 0 Å².